The zero-order chi connectivity index (χ0) is 21.1. The van der Waals surface area contributed by atoms with Gasteiger partial charge in [-0.25, -0.2) is 9.18 Å². The zero-order valence-corrected chi connectivity index (χ0v) is 16.1. The van der Waals surface area contributed by atoms with Crippen molar-refractivity contribution in [3.63, 3.8) is 0 Å². The number of hydrogen-bond donors (Lipinski definition) is 0. The number of hydrogen-bond acceptors (Lipinski definition) is 5. The van der Waals surface area contributed by atoms with Crippen LogP contribution in [-0.4, -0.2) is 18.4 Å². The van der Waals surface area contributed by atoms with E-state index in [0.29, 0.717) is 29.2 Å². The lowest BCUT2D eigenvalue weighted by Gasteiger charge is -2.06. The Morgan fingerprint density at radius 1 is 1.03 bits per heavy atom. The molecule has 4 rings (SSSR count). The molecule has 0 unspecified atom stereocenters. The third kappa shape index (κ3) is 3.93. The molecule has 0 fully saturated rings. The van der Waals surface area contributed by atoms with Crippen molar-refractivity contribution >= 4 is 17.8 Å². The SMILES string of the molecule is CCOc1ccc2c(c1)O/C(=C\c1cccc(OC(=O)c3ccccc3F)c1)C2=O. The first kappa shape index (κ1) is 19.4. The van der Waals surface area contributed by atoms with E-state index in [1.807, 2.05) is 6.92 Å². The van der Waals surface area contributed by atoms with E-state index < -0.39 is 11.8 Å². The molecule has 150 valence electrons. The largest absolute Gasteiger partial charge is 0.494 e. The quantitative estimate of drug-likeness (QED) is 0.338. The summed E-state index contributed by atoms with van der Waals surface area (Å²) >= 11 is 0. The van der Waals surface area contributed by atoms with E-state index in [1.165, 1.54) is 18.2 Å². The summed E-state index contributed by atoms with van der Waals surface area (Å²) in [5.41, 5.74) is 0.887. The number of ether oxygens (including phenoxy) is 3. The van der Waals surface area contributed by atoms with Gasteiger partial charge in [-0.2, -0.15) is 0 Å². The molecule has 6 heteroatoms. The number of Topliss-reactive ketones (excluding diaryl/α,β-unsaturated/α-hetero) is 1. The van der Waals surface area contributed by atoms with Gasteiger partial charge in [-0.05, 0) is 55.0 Å². The highest BCUT2D eigenvalue weighted by Crippen LogP contribution is 2.35. The van der Waals surface area contributed by atoms with E-state index in [1.54, 1.807) is 54.6 Å². The van der Waals surface area contributed by atoms with Gasteiger partial charge < -0.3 is 14.2 Å². The van der Waals surface area contributed by atoms with Gasteiger partial charge in [0.25, 0.3) is 0 Å². The Kier molecular flexibility index (Phi) is 5.30. The van der Waals surface area contributed by atoms with Gasteiger partial charge in [-0.3, -0.25) is 4.79 Å². The lowest BCUT2D eigenvalue weighted by molar-refractivity contribution is 0.0729. The van der Waals surface area contributed by atoms with Gasteiger partial charge in [0, 0.05) is 6.07 Å². The van der Waals surface area contributed by atoms with Gasteiger partial charge in [-0.1, -0.05) is 24.3 Å². The van der Waals surface area contributed by atoms with E-state index in [9.17, 15) is 14.0 Å². The minimum absolute atomic E-state index is 0.149. The predicted molar refractivity (Wildman–Crippen MR) is 108 cm³/mol. The van der Waals surface area contributed by atoms with Crippen LogP contribution in [0.15, 0.2) is 72.5 Å². The van der Waals surface area contributed by atoms with Crippen molar-refractivity contribution in [2.45, 2.75) is 6.92 Å². The molecule has 3 aromatic carbocycles. The Morgan fingerprint density at radius 2 is 1.87 bits per heavy atom. The van der Waals surface area contributed by atoms with Crippen LogP contribution in [-0.2, 0) is 0 Å². The van der Waals surface area contributed by atoms with Crippen molar-refractivity contribution in [1.82, 2.24) is 0 Å². The molecule has 1 aliphatic heterocycles. The second-order valence-corrected chi connectivity index (χ2v) is 6.47. The fraction of sp³-hybridized carbons (Fsp3) is 0.0833. The molecule has 0 atom stereocenters. The van der Waals surface area contributed by atoms with Gasteiger partial charge in [0.1, 0.15) is 23.1 Å². The Labute approximate surface area is 172 Å². The van der Waals surface area contributed by atoms with Gasteiger partial charge in [0.05, 0.1) is 17.7 Å². The minimum atomic E-state index is -0.804. The molecule has 30 heavy (non-hydrogen) atoms. The number of halogens is 1. The number of benzene rings is 3. The van der Waals surface area contributed by atoms with Crippen molar-refractivity contribution in [2.75, 3.05) is 6.61 Å². The molecule has 0 aliphatic carbocycles. The van der Waals surface area contributed by atoms with Crippen LogP contribution in [0, 0.1) is 5.82 Å². The molecule has 0 bridgehead atoms. The summed E-state index contributed by atoms with van der Waals surface area (Å²) in [6.45, 7) is 2.38. The summed E-state index contributed by atoms with van der Waals surface area (Å²) < 4.78 is 30.2. The van der Waals surface area contributed by atoms with E-state index in [-0.39, 0.29) is 22.9 Å². The summed E-state index contributed by atoms with van der Waals surface area (Å²) in [4.78, 5) is 24.8. The normalized spacial score (nSPS) is 13.7. The van der Waals surface area contributed by atoms with Gasteiger partial charge >= 0.3 is 5.97 Å². The molecule has 1 aliphatic rings. The molecule has 3 aromatic rings. The van der Waals surface area contributed by atoms with E-state index in [2.05, 4.69) is 0 Å². The molecule has 0 aromatic heterocycles. The van der Waals surface area contributed by atoms with Crippen molar-refractivity contribution in [2.24, 2.45) is 0 Å². The molecule has 0 saturated carbocycles. The minimum Gasteiger partial charge on any atom is -0.494 e. The molecule has 0 radical (unpaired) electrons. The third-order valence-corrected chi connectivity index (χ3v) is 4.41. The summed E-state index contributed by atoms with van der Waals surface area (Å²) in [5, 5.41) is 0. The highest BCUT2D eigenvalue weighted by Gasteiger charge is 2.27. The Bertz CT molecular complexity index is 1170. The smallest absolute Gasteiger partial charge is 0.346 e. The highest BCUT2D eigenvalue weighted by atomic mass is 19.1. The Hall–Kier alpha value is -3.93. The molecule has 0 amide bonds. The first-order valence-electron chi connectivity index (χ1n) is 9.33. The lowest BCUT2D eigenvalue weighted by atomic mass is 10.1. The van der Waals surface area contributed by atoms with Gasteiger partial charge in [-0.15, -0.1) is 0 Å². The average Bonchev–Trinajstić information content (AvgIpc) is 3.03. The van der Waals surface area contributed by atoms with Gasteiger partial charge in [0.15, 0.2) is 5.76 Å². The van der Waals surface area contributed by atoms with E-state index in [4.69, 9.17) is 14.2 Å². The zero-order valence-electron chi connectivity index (χ0n) is 16.1. The highest BCUT2D eigenvalue weighted by molar-refractivity contribution is 6.14. The number of ketones is 1. The summed E-state index contributed by atoms with van der Waals surface area (Å²) in [5.74, 6) is -0.291. The number of allylic oxidation sites excluding steroid dienone is 1. The molecule has 1 heterocycles. The number of rotatable bonds is 5. The monoisotopic (exact) mass is 404 g/mol. The number of carbonyl (C=O) groups excluding carboxylic acids is 2. The van der Waals surface area contributed by atoms with Crippen LogP contribution in [0.4, 0.5) is 4.39 Å². The second-order valence-electron chi connectivity index (χ2n) is 6.47. The summed E-state index contributed by atoms with van der Waals surface area (Å²) in [7, 11) is 0. The molecule has 0 spiro atoms. The van der Waals surface area contributed by atoms with Crippen LogP contribution >= 0.6 is 0 Å². The van der Waals surface area contributed by atoms with Gasteiger partial charge in [0.2, 0.25) is 5.78 Å². The first-order chi connectivity index (χ1) is 14.5. The second kappa shape index (κ2) is 8.21. The number of esters is 1. The van der Waals surface area contributed by atoms with Crippen LogP contribution < -0.4 is 14.2 Å². The van der Waals surface area contributed by atoms with Crippen molar-refractivity contribution < 1.29 is 28.2 Å². The van der Waals surface area contributed by atoms with E-state index >= 15 is 0 Å². The van der Waals surface area contributed by atoms with Crippen molar-refractivity contribution in [3.8, 4) is 17.2 Å². The maximum absolute atomic E-state index is 13.8. The lowest BCUT2D eigenvalue weighted by Crippen LogP contribution is -2.10. The van der Waals surface area contributed by atoms with Crippen LogP contribution in [0.1, 0.15) is 33.2 Å². The fourth-order valence-corrected chi connectivity index (χ4v) is 3.03. The van der Waals surface area contributed by atoms with E-state index in [0.717, 1.165) is 0 Å². The maximum Gasteiger partial charge on any atom is 0.346 e. The summed E-state index contributed by atoms with van der Waals surface area (Å²) in [6.07, 6.45) is 1.56. The Morgan fingerprint density at radius 3 is 2.67 bits per heavy atom. The number of carbonyl (C=O) groups is 2. The van der Waals surface area contributed by atoms with Crippen LogP contribution in [0.2, 0.25) is 0 Å². The molecular weight excluding hydrogens is 387 g/mol. The van der Waals surface area contributed by atoms with Crippen LogP contribution in [0.25, 0.3) is 6.08 Å². The standard InChI is InChI=1S/C24H17FO5/c1-2-28-16-10-11-19-21(14-16)30-22(23(19)26)13-15-6-5-7-17(12-15)29-24(27)18-8-3-4-9-20(18)25/h3-14H,2H2,1H3/b22-13-. The fourth-order valence-electron chi connectivity index (χ4n) is 3.03. The topological polar surface area (TPSA) is 61.8 Å². The van der Waals surface area contributed by atoms with Crippen LogP contribution in [0.5, 0.6) is 17.2 Å². The van der Waals surface area contributed by atoms with Crippen LogP contribution in [0.3, 0.4) is 0 Å². The first-order valence-corrected chi connectivity index (χ1v) is 9.33. The third-order valence-electron chi connectivity index (χ3n) is 4.41. The van der Waals surface area contributed by atoms with Crippen molar-refractivity contribution in [1.29, 1.82) is 0 Å². The molecular formula is C24H17FO5. The average molecular weight is 404 g/mol. The molecule has 0 saturated heterocycles. The maximum atomic E-state index is 13.8. The number of fused-ring (bicyclic) bond motifs is 1. The van der Waals surface area contributed by atoms with Crippen molar-refractivity contribution in [3.05, 3.63) is 95.0 Å². The molecule has 5 nitrogen and oxygen atoms in total. The summed E-state index contributed by atoms with van der Waals surface area (Å²) in [6, 6.07) is 17.2. The molecule has 0 N–H and O–H groups in total. The Balaban J connectivity index is 1.54. The predicted octanol–water partition coefficient (Wildman–Crippen LogP) is 5.06.